The molecule has 1 aromatic rings. The van der Waals surface area contributed by atoms with Crippen LogP contribution in [0.5, 0.6) is 0 Å². The Morgan fingerprint density at radius 2 is 2.60 bits per heavy atom. The van der Waals surface area contributed by atoms with Gasteiger partial charge in [-0.15, -0.1) is 0 Å². The van der Waals surface area contributed by atoms with Gasteiger partial charge in [0, 0.05) is 7.05 Å². The Morgan fingerprint density at radius 3 is 3.10 bits per heavy atom. The molecule has 1 aromatic heterocycles. The third-order valence-electron chi connectivity index (χ3n) is 1.11. The molecule has 0 unspecified atom stereocenters. The van der Waals surface area contributed by atoms with Crippen molar-refractivity contribution >= 4 is 12.6 Å². The van der Waals surface area contributed by atoms with E-state index in [0.29, 0.717) is 5.75 Å². The fourth-order valence-electron chi connectivity index (χ4n) is 0.608. The zero-order valence-corrected chi connectivity index (χ0v) is 6.60. The van der Waals surface area contributed by atoms with Crippen LogP contribution >= 0.6 is 12.6 Å². The van der Waals surface area contributed by atoms with Crippen molar-refractivity contribution in [3.8, 4) is 11.8 Å². The molecule has 0 saturated heterocycles. The lowest BCUT2D eigenvalue weighted by molar-refractivity contribution is 0.899. The number of aryl methyl sites for hydroxylation is 1. The molecule has 0 saturated carbocycles. The van der Waals surface area contributed by atoms with Crippen molar-refractivity contribution < 1.29 is 0 Å². The highest BCUT2D eigenvalue weighted by atomic mass is 32.1. The molecule has 0 N–H and O–H groups in total. The van der Waals surface area contributed by atoms with E-state index in [1.807, 2.05) is 11.6 Å². The molecule has 52 valence electrons. The average Bonchev–Trinajstić information content (AvgIpc) is 2.31. The van der Waals surface area contributed by atoms with Gasteiger partial charge in [0.05, 0.1) is 18.3 Å². The van der Waals surface area contributed by atoms with Gasteiger partial charge in [-0.3, -0.25) is 0 Å². The molecule has 0 bridgehead atoms. The minimum atomic E-state index is 0.588. The van der Waals surface area contributed by atoms with Gasteiger partial charge >= 0.3 is 0 Å². The van der Waals surface area contributed by atoms with E-state index in [1.165, 1.54) is 0 Å². The van der Waals surface area contributed by atoms with Gasteiger partial charge in [-0.05, 0) is 5.92 Å². The van der Waals surface area contributed by atoms with Crippen molar-refractivity contribution in [3.05, 3.63) is 18.2 Å². The third-order valence-corrected chi connectivity index (χ3v) is 1.27. The third kappa shape index (κ3) is 1.55. The Kier molecular flexibility index (Phi) is 2.41. The van der Waals surface area contributed by atoms with Gasteiger partial charge < -0.3 is 4.57 Å². The molecule has 0 radical (unpaired) electrons. The molecule has 0 aliphatic heterocycles. The molecule has 10 heavy (non-hydrogen) atoms. The van der Waals surface area contributed by atoms with Crippen LogP contribution in [-0.2, 0) is 7.05 Å². The van der Waals surface area contributed by atoms with E-state index in [-0.39, 0.29) is 0 Å². The Labute approximate surface area is 65.7 Å². The number of hydrogen-bond acceptors (Lipinski definition) is 2. The summed E-state index contributed by atoms with van der Waals surface area (Å²) in [5, 5.41) is 0. The number of rotatable bonds is 0. The first kappa shape index (κ1) is 7.23. The van der Waals surface area contributed by atoms with E-state index < -0.39 is 0 Å². The van der Waals surface area contributed by atoms with Crippen molar-refractivity contribution in [3.63, 3.8) is 0 Å². The van der Waals surface area contributed by atoms with E-state index in [4.69, 9.17) is 0 Å². The number of imidazole rings is 1. The molecule has 0 atom stereocenters. The van der Waals surface area contributed by atoms with Crippen molar-refractivity contribution in [2.24, 2.45) is 7.05 Å². The van der Waals surface area contributed by atoms with Crippen LogP contribution in [0, 0.1) is 11.8 Å². The molecule has 0 aliphatic carbocycles. The van der Waals surface area contributed by atoms with Crippen molar-refractivity contribution in [2.75, 3.05) is 5.75 Å². The molecule has 3 heteroatoms. The van der Waals surface area contributed by atoms with E-state index in [9.17, 15) is 0 Å². The van der Waals surface area contributed by atoms with Crippen LogP contribution in [0.1, 0.15) is 5.69 Å². The van der Waals surface area contributed by atoms with Gasteiger partial charge in [0.25, 0.3) is 0 Å². The lowest BCUT2D eigenvalue weighted by atomic mass is 10.4. The van der Waals surface area contributed by atoms with Crippen LogP contribution in [0.2, 0.25) is 0 Å². The van der Waals surface area contributed by atoms with Crippen LogP contribution < -0.4 is 0 Å². The van der Waals surface area contributed by atoms with E-state index in [2.05, 4.69) is 29.5 Å². The van der Waals surface area contributed by atoms with Crippen LogP contribution in [0.4, 0.5) is 0 Å². The summed E-state index contributed by atoms with van der Waals surface area (Å²) >= 11 is 3.96. The number of aromatic nitrogens is 2. The van der Waals surface area contributed by atoms with Crippen molar-refractivity contribution in [1.29, 1.82) is 0 Å². The maximum absolute atomic E-state index is 3.96. The SMILES string of the molecule is Cn1cncc1C#CCS. The summed E-state index contributed by atoms with van der Waals surface area (Å²) in [5.74, 6) is 6.35. The summed E-state index contributed by atoms with van der Waals surface area (Å²) in [5.41, 5.74) is 0.925. The second-order valence-electron chi connectivity index (χ2n) is 1.85. The lowest BCUT2D eigenvalue weighted by Gasteiger charge is -1.88. The summed E-state index contributed by atoms with van der Waals surface area (Å²) in [6.07, 6.45) is 3.46. The summed E-state index contributed by atoms with van der Waals surface area (Å²) in [6.45, 7) is 0. The summed E-state index contributed by atoms with van der Waals surface area (Å²) in [6, 6.07) is 0. The Balaban J connectivity index is 2.84. The Hall–Kier alpha value is -0.880. The van der Waals surface area contributed by atoms with Crippen molar-refractivity contribution in [1.82, 2.24) is 9.55 Å². The zero-order valence-electron chi connectivity index (χ0n) is 5.70. The van der Waals surface area contributed by atoms with Crippen LogP contribution in [0.3, 0.4) is 0 Å². The quantitative estimate of drug-likeness (QED) is 0.428. The molecule has 0 aromatic carbocycles. The predicted octanol–water partition coefficient (Wildman–Crippen LogP) is 0.701. The second kappa shape index (κ2) is 3.33. The lowest BCUT2D eigenvalue weighted by Crippen LogP contribution is -1.87. The monoisotopic (exact) mass is 152 g/mol. The Bertz CT molecular complexity index is 267. The highest BCUT2D eigenvalue weighted by Crippen LogP contribution is 1.91. The predicted molar refractivity (Wildman–Crippen MR) is 43.9 cm³/mol. The van der Waals surface area contributed by atoms with Crippen LogP contribution in [-0.4, -0.2) is 15.3 Å². The normalized spacial score (nSPS) is 8.60. The number of hydrogen-bond donors (Lipinski definition) is 1. The van der Waals surface area contributed by atoms with Gasteiger partial charge in [0.1, 0.15) is 5.69 Å². The maximum atomic E-state index is 3.96. The van der Waals surface area contributed by atoms with Crippen molar-refractivity contribution in [2.45, 2.75) is 0 Å². The molecule has 0 amide bonds. The molecule has 0 aliphatic rings. The van der Waals surface area contributed by atoms with Gasteiger partial charge in [-0.2, -0.15) is 12.6 Å². The molecule has 2 nitrogen and oxygen atoms in total. The van der Waals surface area contributed by atoms with Gasteiger partial charge in [-0.25, -0.2) is 4.98 Å². The topological polar surface area (TPSA) is 17.8 Å². The molecule has 0 spiro atoms. The molecular formula is C7H8N2S. The Morgan fingerprint density at radius 1 is 1.80 bits per heavy atom. The first-order chi connectivity index (χ1) is 4.84. The van der Waals surface area contributed by atoms with E-state index >= 15 is 0 Å². The molecular weight excluding hydrogens is 144 g/mol. The van der Waals surface area contributed by atoms with Gasteiger partial charge in [0.15, 0.2) is 0 Å². The smallest absolute Gasteiger partial charge is 0.111 e. The fraction of sp³-hybridized carbons (Fsp3) is 0.286. The second-order valence-corrected chi connectivity index (χ2v) is 2.17. The molecule has 1 rings (SSSR count). The largest absolute Gasteiger partial charge is 0.327 e. The maximum Gasteiger partial charge on any atom is 0.111 e. The molecule has 1 heterocycles. The van der Waals surface area contributed by atoms with E-state index in [1.54, 1.807) is 12.5 Å². The first-order valence-corrected chi connectivity index (χ1v) is 3.54. The number of thiol groups is 1. The minimum absolute atomic E-state index is 0.588. The highest BCUT2D eigenvalue weighted by molar-refractivity contribution is 7.80. The first-order valence-electron chi connectivity index (χ1n) is 2.90. The average molecular weight is 152 g/mol. The summed E-state index contributed by atoms with van der Waals surface area (Å²) in [4.78, 5) is 3.91. The minimum Gasteiger partial charge on any atom is -0.327 e. The standard InChI is InChI=1S/C7H8N2S/c1-9-6-8-5-7(9)3-2-4-10/h5-6,10H,4H2,1H3. The fourth-order valence-corrected chi connectivity index (χ4v) is 0.687. The van der Waals surface area contributed by atoms with Gasteiger partial charge in [0.2, 0.25) is 0 Å². The zero-order chi connectivity index (χ0) is 7.40. The summed E-state index contributed by atoms with van der Waals surface area (Å²) < 4.78 is 1.87. The van der Waals surface area contributed by atoms with Crippen LogP contribution in [0.15, 0.2) is 12.5 Å². The summed E-state index contributed by atoms with van der Waals surface area (Å²) in [7, 11) is 1.91. The van der Waals surface area contributed by atoms with Crippen LogP contribution in [0.25, 0.3) is 0 Å². The van der Waals surface area contributed by atoms with E-state index in [0.717, 1.165) is 5.69 Å². The molecule has 0 fully saturated rings. The highest BCUT2D eigenvalue weighted by Gasteiger charge is 1.88. The number of nitrogens with zero attached hydrogens (tertiary/aromatic N) is 2. The van der Waals surface area contributed by atoms with Gasteiger partial charge in [-0.1, -0.05) is 5.92 Å².